The molecule has 29 heavy (non-hydrogen) atoms. The number of carboxylic acids is 1. The molecule has 2 fully saturated rings. The number of ether oxygens (including phenoxy) is 1. The lowest BCUT2D eigenvalue weighted by molar-refractivity contribution is 0.0695. The van der Waals surface area contributed by atoms with E-state index in [1.165, 1.54) is 13.3 Å². The van der Waals surface area contributed by atoms with Crippen molar-refractivity contribution in [3.63, 3.8) is 0 Å². The van der Waals surface area contributed by atoms with Crippen molar-refractivity contribution in [3.8, 4) is 5.75 Å². The molecule has 1 aromatic carbocycles. The molecule has 0 radical (unpaired) electrons. The third kappa shape index (κ3) is 3.00. The zero-order chi connectivity index (χ0) is 21.0. The van der Waals surface area contributed by atoms with Crippen LogP contribution in [0.3, 0.4) is 0 Å². The quantitative estimate of drug-likeness (QED) is 0.665. The molecule has 5 N–H and O–H groups in total. The molecular formula is C20H25FN4O4. The molecule has 2 heterocycles. The summed E-state index contributed by atoms with van der Waals surface area (Å²) in [5, 5.41) is 9.31. The number of benzene rings is 1. The molecular weight excluding hydrogens is 379 g/mol. The van der Waals surface area contributed by atoms with Crippen LogP contribution in [0.5, 0.6) is 5.75 Å². The number of aromatic carboxylic acids is 1. The standard InChI is InChI=1S/C20H25FN4O4/c1-9-7-24(6-5-12(9)22)17-14(21)15(23)13-16(19(17)29-2)25(10-3-4-10)8-11(18(13)26)20(27)28/h8-10,12H,3-7,22-23H2,1-2H3,(H,27,28)/t9-,12-/m1/s1. The number of nitrogens with two attached hydrogens (primary N) is 2. The summed E-state index contributed by atoms with van der Waals surface area (Å²) in [6.07, 6.45) is 3.68. The average Bonchev–Trinajstić information content (AvgIpc) is 3.51. The van der Waals surface area contributed by atoms with Crippen molar-refractivity contribution < 1.29 is 19.0 Å². The fourth-order valence-electron chi connectivity index (χ4n) is 4.20. The van der Waals surface area contributed by atoms with Gasteiger partial charge in [-0.2, -0.15) is 0 Å². The Bertz CT molecular complexity index is 1060. The van der Waals surface area contributed by atoms with Crippen molar-refractivity contribution in [1.82, 2.24) is 4.57 Å². The summed E-state index contributed by atoms with van der Waals surface area (Å²) in [6.45, 7) is 3.07. The monoisotopic (exact) mass is 404 g/mol. The maximum atomic E-state index is 15.5. The minimum Gasteiger partial charge on any atom is -0.492 e. The Labute approximate surface area is 166 Å². The van der Waals surface area contributed by atoms with Crippen LogP contribution in [0.25, 0.3) is 10.9 Å². The van der Waals surface area contributed by atoms with Gasteiger partial charge in [-0.15, -0.1) is 0 Å². The summed E-state index contributed by atoms with van der Waals surface area (Å²) in [6, 6.07) is 0.0531. The van der Waals surface area contributed by atoms with Crippen LogP contribution in [0.4, 0.5) is 15.8 Å². The maximum Gasteiger partial charge on any atom is 0.341 e. The van der Waals surface area contributed by atoms with E-state index < -0.39 is 22.8 Å². The molecule has 9 heteroatoms. The van der Waals surface area contributed by atoms with E-state index >= 15 is 4.39 Å². The number of aromatic nitrogens is 1. The first kappa shape index (κ1) is 19.5. The Morgan fingerprint density at radius 2 is 2.03 bits per heavy atom. The van der Waals surface area contributed by atoms with Crippen molar-refractivity contribution in [2.75, 3.05) is 30.8 Å². The highest BCUT2D eigenvalue weighted by Gasteiger charge is 2.34. The second-order valence-electron chi connectivity index (χ2n) is 8.02. The van der Waals surface area contributed by atoms with Crippen molar-refractivity contribution >= 4 is 28.2 Å². The number of halogens is 1. The van der Waals surface area contributed by atoms with Gasteiger partial charge in [0.1, 0.15) is 11.3 Å². The zero-order valence-electron chi connectivity index (χ0n) is 16.4. The van der Waals surface area contributed by atoms with E-state index in [2.05, 4.69) is 0 Å². The van der Waals surface area contributed by atoms with Gasteiger partial charge in [0.15, 0.2) is 11.6 Å². The lowest BCUT2D eigenvalue weighted by Crippen LogP contribution is -2.46. The minimum atomic E-state index is -1.37. The van der Waals surface area contributed by atoms with E-state index in [1.54, 1.807) is 4.57 Å². The Morgan fingerprint density at radius 1 is 1.34 bits per heavy atom. The fourth-order valence-corrected chi connectivity index (χ4v) is 4.20. The summed E-state index contributed by atoms with van der Waals surface area (Å²) in [7, 11) is 1.42. The predicted molar refractivity (Wildman–Crippen MR) is 108 cm³/mol. The zero-order valence-corrected chi connectivity index (χ0v) is 16.4. The largest absolute Gasteiger partial charge is 0.492 e. The molecule has 1 aromatic heterocycles. The van der Waals surface area contributed by atoms with E-state index in [0.29, 0.717) is 25.0 Å². The smallest absolute Gasteiger partial charge is 0.341 e. The first-order valence-corrected chi connectivity index (χ1v) is 9.73. The first-order valence-electron chi connectivity index (χ1n) is 9.73. The summed E-state index contributed by atoms with van der Waals surface area (Å²) < 4.78 is 22.8. The third-order valence-electron chi connectivity index (χ3n) is 6.04. The molecule has 0 unspecified atom stereocenters. The van der Waals surface area contributed by atoms with Gasteiger partial charge >= 0.3 is 5.97 Å². The fraction of sp³-hybridized carbons (Fsp3) is 0.500. The summed E-state index contributed by atoms with van der Waals surface area (Å²) in [5.74, 6) is -1.79. The highest BCUT2D eigenvalue weighted by atomic mass is 19.1. The van der Waals surface area contributed by atoms with Gasteiger partial charge in [0.2, 0.25) is 5.43 Å². The lowest BCUT2D eigenvalue weighted by Gasteiger charge is -2.37. The number of methoxy groups -OCH3 is 1. The van der Waals surface area contributed by atoms with Gasteiger partial charge in [-0.05, 0) is 25.2 Å². The summed E-state index contributed by atoms with van der Waals surface area (Å²) in [4.78, 5) is 26.3. The van der Waals surface area contributed by atoms with Crippen LogP contribution in [0.1, 0.15) is 42.6 Å². The second-order valence-corrected chi connectivity index (χ2v) is 8.02. The lowest BCUT2D eigenvalue weighted by atomic mass is 9.94. The van der Waals surface area contributed by atoms with Crippen LogP contribution >= 0.6 is 0 Å². The number of carbonyl (C=O) groups is 1. The van der Waals surface area contributed by atoms with Crippen molar-refractivity contribution in [1.29, 1.82) is 0 Å². The van der Waals surface area contributed by atoms with Gasteiger partial charge in [-0.25, -0.2) is 9.18 Å². The molecule has 1 saturated carbocycles. The molecule has 8 nitrogen and oxygen atoms in total. The van der Waals surface area contributed by atoms with Gasteiger partial charge < -0.3 is 30.8 Å². The van der Waals surface area contributed by atoms with Gasteiger partial charge in [-0.1, -0.05) is 6.92 Å². The maximum absolute atomic E-state index is 15.5. The molecule has 4 rings (SSSR count). The van der Waals surface area contributed by atoms with Crippen LogP contribution in [-0.2, 0) is 0 Å². The number of nitrogens with zero attached hydrogens (tertiary/aromatic N) is 2. The molecule has 1 aliphatic heterocycles. The Balaban J connectivity index is 2.06. The average molecular weight is 404 g/mol. The van der Waals surface area contributed by atoms with Crippen LogP contribution in [0.2, 0.25) is 0 Å². The molecule has 1 aliphatic carbocycles. The van der Waals surface area contributed by atoms with Gasteiger partial charge in [0, 0.05) is 31.4 Å². The highest BCUT2D eigenvalue weighted by Crippen LogP contribution is 2.46. The molecule has 0 spiro atoms. The van der Waals surface area contributed by atoms with Crippen molar-refractivity contribution in [3.05, 3.63) is 27.8 Å². The number of hydrogen-bond donors (Lipinski definition) is 3. The van der Waals surface area contributed by atoms with Crippen LogP contribution in [-0.4, -0.2) is 41.9 Å². The molecule has 156 valence electrons. The van der Waals surface area contributed by atoms with E-state index in [4.69, 9.17) is 16.2 Å². The SMILES string of the molecule is COc1c(N2CC[C@@H](N)[C@H](C)C2)c(F)c(N)c2c(=O)c(C(=O)O)cn(C3CC3)c12. The van der Waals surface area contributed by atoms with E-state index in [9.17, 15) is 14.7 Å². The van der Waals surface area contributed by atoms with Crippen molar-refractivity contribution in [2.45, 2.75) is 38.3 Å². The number of hydrogen-bond acceptors (Lipinski definition) is 6. The number of pyridine rings is 1. The van der Waals surface area contributed by atoms with E-state index in [1.807, 2.05) is 11.8 Å². The molecule has 2 aromatic rings. The Morgan fingerprint density at radius 3 is 2.59 bits per heavy atom. The molecule has 1 saturated heterocycles. The molecule has 0 amide bonds. The molecule has 2 atom stereocenters. The minimum absolute atomic E-state index is 0.0245. The van der Waals surface area contributed by atoms with Gasteiger partial charge in [0.05, 0.1) is 23.7 Å². The van der Waals surface area contributed by atoms with Gasteiger partial charge in [0.25, 0.3) is 0 Å². The van der Waals surface area contributed by atoms with Crippen LogP contribution in [0.15, 0.2) is 11.0 Å². The number of rotatable bonds is 4. The number of fused-ring (bicyclic) bond motifs is 1. The van der Waals surface area contributed by atoms with Gasteiger partial charge in [-0.3, -0.25) is 4.79 Å². The normalized spacial score (nSPS) is 22.1. The second kappa shape index (κ2) is 6.91. The number of piperidine rings is 1. The third-order valence-corrected chi connectivity index (χ3v) is 6.04. The summed E-state index contributed by atoms with van der Waals surface area (Å²) >= 11 is 0. The van der Waals surface area contributed by atoms with E-state index in [-0.39, 0.29) is 40.5 Å². The van der Waals surface area contributed by atoms with Crippen LogP contribution in [0, 0.1) is 11.7 Å². The Hall–Kier alpha value is -2.81. The van der Waals surface area contributed by atoms with E-state index in [0.717, 1.165) is 12.8 Å². The first-order chi connectivity index (χ1) is 13.8. The molecule has 0 bridgehead atoms. The van der Waals surface area contributed by atoms with Crippen molar-refractivity contribution in [2.24, 2.45) is 11.7 Å². The number of nitrogen functional groups attached to an aromatic ring is 1. The topological polar surface area (TPSA) is 124 Å². The Kier molecular flexibility index (Phi) is 4.65. The number of anilines is 2. The number of carboxylic acid groups (broad SMARTS) is 1. The summed E-state index contributed by atoms with van der Waals surface area (Å²) in [5.41, 5.74) is 11.2. The highest BCUT2D eigenvalue weighted by molar-refractivity contribution is 6.03. The predicted octanol–water partition coefficient (Wildman–Crippen LogP) is 1.94. The van der Waals surface area contributed by atoms with Crippen LogP contribution < -0.4 is 26.5 Å². The molecule has 2 aliphatic rings.